The molecule has 0 saturated heterocycles. The molecule has 0 bridgehead atoms. The first kappa shape index (κ1) is 22.2. The Bertz CT molecular complexity index is 1150. The third-order valence-corrected chi connectivity index (χ3v) is 6.18. The second-order valence-electron chi connectivity index (χ2n) is 8.27. The topological polar surface area (TPSA) is 42.2 Å². The molecule has 2 aromatic carbocycles. The van der Waals surface area contributed by atoms with Gasteiger partial charge in [0.25, 0.3) is 5.91 Å². The van der Waals surface area contributed by atoms with Gasteiger partial charge in [-0.25, -0.2) is 8.78 Å². The summed E-state index contributed by atoms with van der Waals surface area (Å²) >= 11 is 0. The van der Waals surface area contributed by atoms with Gasteiger partial charge in [-0.05, 0) is 72.6 Å². The molecule has 1 aromatic heterocycles. The standard InChI is InChI=1S/C27H27F2NO2/c1-2-25-21(12-8-18-6-4-3-5-7-18)22-13-11-20(31)17-26(22)30(25)27(32)15-10-19-9-14-23(28)24(29)16-19/h3-7,9-10,14-16,20,31H,2,8,11-13,17H2,1H3. The predicted octanol–water partition coefficient (Wildman–Crippen LogP) is 5.32. The Hall–Kier alpha value is -3.05. The smallest absolute Gasteiger partial charge is 0.255 e. The highest BCUT2D eigenvalue weighted by molar-refractivity contribution is 5.95. The monoisotopic (exact) mass is 435 g/mol. The molecule has 0 radical (unpaired) electrons. The number of nitrogens with zero attached hydrogens (tertiary/aromatic N) is 1. The number of rotatable bonds is 6. The maximum Gasteiger partial charge on any atom is 0.255 e. The van der Waals surface area contributed by atoms with Crippen molar-refractivity contribution in [3.63, 3.8) is 0 Å². The first-order valence-corrected chi connectivity index (χ1v) is 11.1. The van der Waals surface area contributed by atoms with Crippen molar-refractivity contribution in [2.75, 3.05) is 0 Å². The summed E-state index contributed by atoms with van der Waals surface area (Å²) in [7, 11) is 0. The van der Waals surface area contributed by atoms with Crippen molar-refractivity contribution in [1.82, 2.24) is 4.57 Å². The van der Waals surface area contributed by atoms with Crippen molar-refractivity contribution < 1.29 is 18.7 Å². The second kappa shape index (κ2) is 9.61. The van der Waals surface area contributed by atoms with Crippen LogP contribution in [-0.4, -0.2) is 21.7 Å². The fraction of sp³-hybridized carbons (Fsp3) is 0.296. The van der Waals surface area contributed by atoms with Gasteiger partial charge in [-0.1, -0.05) is 43.3 Å². The highest BCUT2D eigenvalue weighted by Crippen LogP contribution is 2.32. The maximum atomic E-state index is 13.5. The van der Waals surface area contributed by atoms with Crippen LogP contribution in [0.5, 0.6) is 0 Å². The van der Waals surface area contributed by atoms with Gasteiger partial charge < -0.3 is 5.11 Å². The molecular formula is C27H27F2NO2. The molecule has 3 nitrogen and oxygen atoms in total. The van der Waals surface area contributed by atoms with Gasteiger partial charge in [0, 0.05) is 23.9 Å². The van der Waals surface area contributed by atoms with Gasteiger partial charge >= 0.3 is 0 Å². The van der Waals surface area contributed by atoms with Gasteiger partial charge in [0.2, 0.25) is 0 Å². The van der Waals surface area contributed by atoms with Crippen LogP contribution in [0.25, 0.3) is 6.08 Å². The van der Waals surface area contributed by atoms with Crippen LogP contribution in [0, 0.1) is 11.6 Å². The lowest BCUT2D eigenvalue weighted by molar-refractivity contribution is 0.0957. The summed E-state index contributed by atoms with van der Waals surface area (Å²) in [5.41, 5.74) is 5.89. The Kier molecular flexibility index (Phi) is 6.66. The van der Waals surface area contributed by atoms with Crippen molar-refractivity contribution in [3.05, 3.63) is 99.9 Å². The number of benzene rings is 2. The fourth-order valence-electron chi connectivity index (χ4n) is 4.63. The molecule has 0 saturated carbocycles. The van der Waals surface area contributed by atoms with Gasteiger partial charge in [0.15, 0.2) is 11.6 Å². The highest BCUT2D eigenvalue weighted by Gasteiger charge is 2.29. The zero-order chi connectivity index (χ0) is 22.7. The Morgan fingerprint density at radius 3 is 2.62 bits per heavy atom. The minimum atomic E-state index is -0.946. The molecule has 1 atom stereocenters. The van der Waals surface area contributed by atoms with Crippen LogP contribution in [0.2, 0.25) is 0 Å². The van der Waals surface area contributed by atoms with Crippen LogP contribution in [0.15, 0.2) is 54.6 Å². The SMILES string of the molecule is CCc1c(CCc2ccccc2)c2c(n1C(=O)C=Cc1ccc(F)c(F)c1)CC(O)CC2. The molecule has 0 spiro atoms. The lowest BCUT2D eigenvalue weighted by Gasteiger charge is -2.20. The first-order chi connectivity index (χ1) is 15.5. The number of aliphatic hydroxyl groups is 1. The van der Waals surface area contributed by atoms with E-state index in [2.05, 4.69) is 12.1 Å². The number of fused-ring (bicyclic) bond motifs is 1. The van der Waals surface area contributed by atoms with Gasteiger partial charge in [-0.3, -0.25) is 9.36 Å². The van der Waals surface area contributed by atoms with E-state index in [4.69, 9.17) is 0 Å². The fourth-order valence-corrected chi connectivity index (χ4v) is 4.63. The van der Waals surface area contributed by atoms with E-state index in [0.717, 1.165) is 42.8 Å². The number of allylic oxidation sites excluding steroid dienone is 1. The number of hydrogen-bond acceptors (Lipinski definition) is 2. The molecule has 0 amide bonds. The van der Waals surface area contributed by atoms with Crippen LogP contribution in [0.1, 0.15) is 51.8 Å². The summed E-state index contributed by atoms with van der Waals surface area (Å²) in [5, 5.41) is 10.3. The third kappa shape index (κ3) is 4.58. The molecule has 3 aromatic rings. The largest absolute Gasteiger partial charge is 0.393 e. The number of aliphatic hydroxyl groups excluding tert-OH is 1. The second-order valence-corrected chi connectivity index (χ2v) is 8.27. The molecule has 1 heterocycles. The van der Waals surface area contributed by atoms with Crippen LogP contribution in [0.4, 0.5) is 8.78 Å². The molecule has 4 rings (SSSR count). The zero-order valence-corrected chi connectivity index (χ0v) is 18.2. The van der Waals surface area contributed by atoms with Crippen molar-refractivity contribution in [3.8, 4) is 0 Å². The molecule has 0 fully saturated rings. The maximum absolute atomic E-state index is 13.5. The summed E-state index contributed by atoms with van der Waals surface area (Å²) in [5.74, 6) is -2.10. The minimum absolute atomic E-state index is 0.233. The molecule has 1 N–H and O–H groups in total. The van der Waals surface area contributed by atoms with E-state index in [0.29, 0.717) is 24.8 Å². The molecule has 0 aliphatic heterocycles. The van der Waals surface area contributed by atoms with Crippen LogP contribution >= 0.6 is 0 Å². The van der Waals surface area contributed by atoms with Crippen molar-refractivity contribution in [2.45, 2.75) is 51.6 Å². The normalized spacial score (nSPS) is 15.8. The number of carbonyl (C=O) groups excluding carboxylic acids is 1. The van der Waals surface area contributed by atoms with E-state index in [9.17, 15) is 18.7 Å². The number of halogens is 2. The number of carbonyl (C=O) groups is 1. The molecule has 1 unspecified atom stereocenters. The Labute approximate surface area is 187 Å². The average Bonchev–Trinajstić information content (AvgIpc) is 3.11. The van der Waals surface area contributed by atoms with E-state index >= 15 is 0 Å². The molecule has 166 valence electrons. The van der Waals surface area contributed by atoms with Gasteiger partial charge in [0.1, 0.15) is 0 Å². The molecule has 5 heteroatoms. The van der Waals surface area contributed by atoms with Crippen LogP contribution < -0.4 is 0 Å². The number of hydrogen-bond donors (Lipinski definition) is 1. The Morgan fingerprint density at radius 2 is 1.91 bits per heavy atom. The van der Waals surface area contributed by atoms with Gasteiger partial charge in [0.05, 0.1) is 6.10 Å². The number of aryl methyl sites for hydroxylation is 1. The summed E-state index contributed by atoms with van der Waals surface area (Å²) in [6.07, 6.45) is 6.72. The van der Waals surface area contributed by atoms with Gasteiger partial charge in [-0.2, -0.15) is 0 Å². The molecule has 1 aliphatic rings. The Morgan fingerprint density at radius 1 is 1.12 bits per heavy atom. The molecule has 32 heavy (non-hydrogen) atoms. The third-order valence-electron chi connectivity index (χ3n) is 6.18. The quantitative estimate of drug-likeness (QED) is 0.533. The zero-order valence-electron chi connectivity index (χ0n) is 18.2. The van der Waals surface area contributed by atoms with E-state index in [1.54, 1.807) is 4.57 Å². The summed E-state index contributed by atoms with van der Waals surface area (Å²) in [6, 6.07) is 13.8. The average molecular weight is 436 g/mol. The van der Waals surface area contributed by atoms with Crippen LogP contribution in [-0.2, 0) is 32.1 Å². The lowest BCUT2D eigenvalue weighted by atomic mass is 9.90. The van der Waals surface area contributed by atoms with Crippen LogP contribution in [0.3, 0.4) is 0 Å². The van der Waals surface area contributed by atoms with E-state index < -0.39 is 17.7 Å². The van der Waals surface area contributed by atoms with Crippen molar-refractivity contribution >= 4 is 12.0 Å². The molecular weight excluding hydrogens is 408 g/mol. The highest BCUT2D eigenvalue weighted by atomic mass is 19.2. The van der Waals surface area contributed by atoms with E-state index in [1.165, 1.54) is 34.9 Å². The number of aromatic nitrogens is 1. The Balaban J connectivity index is 1.68. The lowest BCUT2D eigenvalue weighted by Crippen LogP contribution is -2.23. The van der Waals surface area contributed by atoms with E-state index in [1.807, 2.05) is 25.1 Å². The summed E-state index contributed by atoms with van der Waals surface area (Å²) < 4.78 is 28.4. The minimum Gasteiger partial charge on any atom is -0.393 e. The predicted molar refractivity (Wildman–Crippen MR) is 122 cm³/mol. The molecule has 1 aliphatic carbocycles. The van der Waals surface area contributed by atoms with Gasteiger partial charge in [-0.15, -0.1) is 0 Å². The first-order valence-electron chi connectivity index (χ1n) is 11.1. The van der Waals surface area contributed by atoms with E-state index in [-0.39, 0.29) is 5.91 Å². The summed E-state index contributed by atoms with van der Waals surface area (Å²) in [6.45, 7) is 2.03. The summed E-state index contributed by atoms with van der Waals surface area (Å²) in [4.78, 5) is 13.2. The van der Waals surface area contributed by atoms with Crippen molar-refractivity contribution in [2.24, 2.45) is 0 Å². The van der Waals surface area contributed by atoms with Crippen molar-refractivity contribution in [1.29, 1.82) is 0 Å².